The van der Waals surface area contributed by atoms with Crippen LogP contribution in [0.3, 0.4) is 0 Å². The standard InChI is InChI=1S/C13H19NO4/c1-17-12(15)10-5-3-8-2-4-9(8)11(10)13(16)18-7-6-14/h2,4,8-11H,3,5-7,14H2,1H3/t8?,9?,10-,11?/m1/s1. The Morgan fingerprint density at radius 1 is 1.28 bits per heavy atom. The van der Waals surface area contributed by atoms with Crippen LogP contribution in [0.2, 0.25) is 0 Å². The Labute approximate surface area is 106 Å². The van der Waals surface area contributed by atoms with Gasteiger partial charge in [0.05, 0.1) is 18.9 Å². The Morgan fingerprint density at radius 2 is 2.06 bits per heavy atom. The highest BCUT2D eigenvalue weighted by Crippen LogP contribution is 2.46. The van der Waals surface area contributed by atoms with Crippen molar-refractivity contribution in [3.05, 3.63) is 12.2 Å². The van der Waals surface area contributed by atoms with Crippen molar-refractivity contribution < 1.29 is 19.1 Å². The van der Waals surface area contributed by atoms with Gasteiger partial charge < -0.3 is 15.2 Å². The molecule has 0 amide bonds. The molecule has 18 heavy (non-hydrogen) atoms. The summed E-state index contributed by atoms with van der Waals surface area (Å²) < 4.78 is 9.89. The molecule has 1 saturated carbocycles. The van der Waals surface area contributed by atoms with Gasteiger partial charge in [-0.15, -0.1) is 0 Å². The third kappa shape index (κ3) is 2.27. The highest BCUT2D eigenvalue weighted by Gasteiger charge is 2.48. The lowest BCUT2D eigenvalue weighted by atomic mass is 9.61. The Hall–Kier alpha value is -1.36. The third-order valence-corrected chi connectivity index (χ3v) is 3.87. The average Bonchev–Trinajstić information content (AvgIpc) is 2.35. The molecule has 0 aromatic heterocycles. The molecule has 3 unspecified atom stereocenters. The molecule has 0 radical (unpaired) electrons. The van der Waals surface area contributed by atoms with Crippen molar-refractivity contribution in [2.45, 2.75) is 12.8 Å². The molecule has 100 valence electrons. The van der Waals surface area contributed by atoms with Crippen LogP contribution in [0.4, 0.5) is 0 Å². The Kier molecular flexibility index (Phi) is 4.01. The van der Waals surface area contributed by atoms with Gasteiger partial charge in [0.25, 0.3) is 0 Å². The number of rotatable bonds is 4. The zero-order chi connectivity index (χ0) is 13.1. The second-order valence-corrected chi connectivity index (χ2v) is 4.82. The van der Waals surface area contributed by atoms with Crippen LogP contribution in [-0.4, -0.2) is 32.2 Å². The minimum atomic E-state index is -0.409. The van der Waals surface area contributed by atoms with E-state index in [9.17, 15) is 9.59 Å². The molecule has 5 nitrogen and oxygen atoms in total. The van der Waals surface area contributed by atoms with Gasteiger partial charge in [-0.2, -0.15) is 0 Å². The normalized spacial score (nSPS) is 33.2. The number of esters is 2. The van der Waals surface area contributed by atoms with Crippen molar-refractivity contribution in [3.63, 3.8) is 0 Å². The van der Waals surface area contributed by atoms with Crippen LogP contribution in [0, 0.1) is 23.7 Å². The summed E-state index contributed by atoms with van der Waals surface area (Å²) in [6.45, 7) is 0.496. The van der Waals surface area contributed by atoms with E-state index in [0.29, 0.717) is 18.9 Å². The second-order valence-electron chi connectivity index (χ2n) is 4.82. The van der Waals surface area contributed by atoms with E-state index in [-0.39, 0.29) is 30.4 Å². The highest BCUT2D eigenvalue weighted by molar-refractivity contribution is 5.83. The number of hydrogen-bond acceptors (Lipinski definition) is 5. The molecule has 0 aliphatic heterocycles. The Morgan fingerprint density at radius 3 is 2.61 bits per heavy atom. The van der Waals surface area contributed by atoms with Gasteiger partial charge >= 0.3 is 11.9 Å². The predicted molar refractivity (Wildman–Crippen MR) is 64.4 cm³/mol. The number of carbonyl (C=O) groups excluding carboxylic acids is 2. The summed E-state index contributed by atoms with van der Waals surface area (Å²) in [4.78, 5) is 23.8. The fourth-order valence-electron chi connectivity index (χ4n) is 2.88. The van der Waals surface area contributed by atoms with E-state index in [1.807, 2.05) is 6.08 Å². The van der Waals surface area contributed by atoms with Crippen LogP contribution in [0.25, 0.3) is 0 Å². The molecule has 0 bridgehead atoms. The maximum absolute atomic E-state index is 12.1. The maximum atomic E-state index is 12.1. The molecule has 0 spiro atoms. The van der Waals surface area contributed by atoms with Crippen LogP contribution in [0.15, 0.2) is 12.2 Å². The van der Waals surface area contributed by atoms with Crippen LogP contribution in [-0.2, 0) is 19.1 Å². The minimum absolute atomic E-state index is 0.119. The number of allylic oxidation sites excluding steroid dienone is 2. The van der Waals surface area contributed by atoms with Gasteiger partial charge in [-0.1, -0.05) is 12.2 Å². The third-order valence-electron chi connectivity index (χ3n) is 3.87. The first-order valence-electron chi connectivity index (χ1n) is 6.32. The van der Waals surface area contributed by atoms with Crippen LogP contribution in [0.1, 0.15) is 12.8 Å². The molecule has 2 N–H and O–H groups in total. The minimum Gasteiger partial charge on any atom is -0.469 e. The largest absolute Gasteiger partial charge is 0.469 e. The van der Waals surface area contributed by atoms with Crippen molar-refractivity contribution in [2.24, 2.45) is 29.4 Å². The van der Waals surface area contributed by atoms with Gasteiger partial charge in [-0.05, 0) is 24.7 Å². The van der Waals surface area contributed by atoms with Crippen LogP contribution in [0.5, 0.6) is 0 Å². The van der Waals surface area contributed by atoms with Crippen LogP contribution >= 0.6 is 0 Å². The molecule has 0 aromatic carbocycles. The van der Waals surface area contributed by atoms with Crippen molar-refractivity contribution >= 4 is 11.9 Å². The topological polar surface area (TPSA) is 78.6 Å². The summed E-state index contributed by atoms with van der Waals surface area (Å²) in [5, 5.41) is 0. The van der Waals surface area contributed by atoms with Gasteiger partial charge in [0, 0.05) is 6.54 Å². The predicted octanol–water partition coefficient (Wildman–Crippen LogP) is 0.490. The molecule has 0 saturated heterocycles. The van der Waals surface area contributed by atoms with E-state index < -0.39 is 5.92 Å². The zero-order valence-electron chi connectivity index (χ0n) is 10.5. The summed E-state index contributed by atoms with van der Waals surface area (Å²) in [6.07, 6.45) is 5.71. The zero-order valence-corrected chi connectivity index (χ0v) is 10.5. The molecular formula is C13H19NO4. The molecule has 0 heterocycles. The summed E-state index contributed by atoms with van der Waals surface area (Å²) in [5.41, 5.74) is 5.32. The Balaban J connectivity index is 2.11. The number of methoxy groups -OCH3 is 1. The lowest BCUT2D eigenvalue weighted by molar-refractivity contribution is -0.164. The van der Waals surface area contributed by atoms with Gasteiger partial charge in [0.1, 0.15) is 6.61 Å². The molecule has 1 fully saturated rings. The first-order valence-corrected chi connectivity index (χ1v) is 6.32. The monoisotopic (exact) mass is 253 g/mol. The first kappa shape index (κ1) is 13.1. The molecule has 2 aliphatic rings. The molecular weight excluding hydrogens is 234 g/mol. The van der Waals surface area contributed by atoms with Gasteiger partial charge in [0.15, 0.2) is 0 Å². The summed E-state index contributed by atoms with van der Waals surface area (Å²) in [6, 6.07) is 0. The molecule has 0 aromatic rings. The first-order chi connectivity index (χ1) is 8.69. The fraction of sp³-hybridized carbons (Fsp3) is 0.692. The van der Waals surface area contributed by atoms with Crippen molar-refractivity contribution in [1.29, 1.82) is 0 Å². The SMILES string of the molecule is COC(=O)[C@@H]1CCC2C=CC2C1C(=O)OCCN. The number of nitrogens with two attached hydrogens (primary N) is 1. The molecule has 4 atom stereocenters. The van der Waals surface area contributed by atoms with E-state index in [1.54, 1.807) is 0 Å². The smallest absolute Gasteiger partial charge is 0.310 e. The van der Waals surface area contributed by atoms with Crippen molar-refractivity contribution in [2.75, 3.05) is 20.3 Å². The average molecular weight is 253 g/mol. The van der Waals surface area contributed by atoms with Gasteiger partial charge in [-0.3, -0.25) is 9.59 Å². The van der Waals surface area contributed by atoms with E-state index in [2.05, 4.69) is 6.08 Å². The fourth-order valence-corrected chi connectivity index (χ4v) is 2.88. The molecule has 5 heteroatoms. The van der Waals surface area contributed by atoms with Crippen LogP contribution < -0.4 is 5.73 Å². The number of ether oxygens (including phenoxy) is 2. The van der Waals surface area contributed by atoms with Gasteiger partial charge in [-0.25, -0.2) is 0 Å². The summed E-state index contributed by atoms with van der Waals surface area (Å²) in [7, 11) is 1.35. The number of carbonyl (C=O) groups is 2. The lowest BCUT2D eigenvalue weighted by Gasteiger charge is -2.42. The number of fused-ring (bicyclic) bond motifs is 1. The maximum Gasteiger partial charge on any atom is 0.310 e. The van der Waals surface area contributed by atoms with Crippen molar-refractivity contribution in [1.82, 2.24) is 0 Å². The van der Waals surface area contributed by atoms with E-state index in [4.69, 9.17) is 15.2 Å². The highest BCUT2D eigenvalue weighted by atomic mass is 16.5. The Bertz CT molecular complexity index is 366. The van der Waals surface area contributed by atoms with Gasteiger partial charge in [0.2, 0.25) is 0 Å². The quantitative estimate of drug-likeness (QED) is 0.582. The second kappa shape index (κ2) is 5.52. The molecule has 2 aliphatic carbocycles. The lowest BCUT2D eigenvalue weighted by Crippen LogP contribution is -2.45. The number of hydrogen-bond donors (Lipinski definition) is 1. The van der Waals surface area contributed by atoms with E-state index >= 15 is 0 Å². The molecule has 2 rings (SSSR count). The summed E-state index contributed by atoms with van der Waals surface area (Å²) >= 11 is 0. The van der Waals surface area contributed by atoms with Crippen molar-refractivity contribution in [3.8, 4) is 0 Å². The van der Waals surface area contributed by atoms with E-state index in [0.717, 1.165) is 6.42 Å². The summed E-state index contributed by atoms with van der Waals surface area (Å²) in [5.74, 6) is -0.910. The van der Waals surface area contributed by atoms with E-state index in [1.165, 1.54) is 7.11 Å².